The number of nitrogens with one attached hydrogen (secondary N) is 3. The molecule has 3 N–H and O–H groups in total. The number of hydrogen-bond donors (Lipinski definition) is 3. The van der Waals surface area contributed by atoms with E-state index in [-0.39, 0.29) is 33.6 Å². The number of nitrogens with zero attached hydrogens (tertiary/aromatic N) is 3. The average Bonchev–Trinajstić information content (AvgIpc) is 3.20. The number of esters is 1. The van der Waals surface area contributed by atoms with Gasteiger partial charge in [-0.1, -0.05) is 0 Å². The maximum absolute atomic E-state index is 14.3. The lowest BCUT2D eigenvalue weighted by molar-refractivity contribution is -0.136. The Kier molecular flexibility index (Phi) is 10.2. The number of hydrogen-bond acceptors (Lipinski definition) is 9. The number of nitriles is 1. The molecule has 0 radical (unpaired) electrons. The minimum absolute atomic E-state index is 0.0393. The molecule has 0 aliphatic carbocycles. The molecule has 3 rings (SSSR count). The van der Waals surface area contributed by atoms with Crippen LogP contribution >= 0.6 is 11.3 Å². The zero-order valence-electron chi connectivity index (χ0n) is 20.6. The summed E-state index contributed by atoms with van der Waals surface area (Å²) >= 11 is 0.962. The van der Waals surface area contributed by atoms with Crippen LogP contribution in [0, 0.1) is 17.1 Å². The van der Waals surface area contributed by atoms with Crippen LogP contribution in [0.5, 0.6) is 0 Å². The first-order chi connectivity index (χ1) is 17.9. The fraction of sp³-hybridized carbons (Fsp3) is 0.417. The minimum atomic E-state index is -0.801. The molecule has 1 fully saturated rings. The standard InChI is InChI=1S/C24H29FN6O5S/c1-3-31-21(32)20(37-22(31)17(14-26)23(33)36-4-2)15-28-16-5-6-18(25)19(13-16)29-24(34)27-7-8-30-9-11-35-12-10-30/h5-6,13,15,28H,3-4,7-12H2,1-2H3,(H2,27,29,34)/b20-15+,22-17-. The molecule has 11 nitrogen and oxygen atoms in total. The average molecular weight is 533 g/mol. The lowest BCUT2D eigenvalue weighted by atomic mass is 10.2. The molecule has 37 heavy (non-hydrogen) atoms. The number of aromatic nitrogens is 1. The van der Waals surface area contributed by atoms with Gasteiger partial charge < -0.3 is 25.4 Å². The van der Waals surface area contributed by atoms with Gasteiger partial charge in [-0.15, -0.1) is 11.3 Å². The minimum Gasteiger partial charge on any atom is -0.462 e. The van der Waals surface area contributed by atoms with Crippen LogP contribution in [0.2, 0.25) is 0 Å². The molecule has 1 aromatic heterocycles. The summed E-state index contributed by atoms with van der Waals surface area (Å²) in [6.07, 6.45) is 1.40. The molecule has 0 spiro atoms. The number of morpholine rings is 1. The second-order valence-corrected chi connectivity index (χ2v) is 8.88. The fourth-order valence-corrected chi connectivity index (χ4v) is 4.63. The van der Waals surface area contributed by atoms with E-state index in [2.05, 4.69) is 20.9 Å². The van der Waals surface area contributed by atoms with Gasteiger partial charge in [0.1, 0.15) is 21.1 Å². The van der Waals surface area contributed by atoms with Gasteiger partial charge in [0.25, 0.3) is 5.56 Å². The third-order valence-electron chi connectivity index (χ3n) is 5.43. The lowest BCUT2D eigenvalue weighted by Crippen LogP contribution is -2.42. The van der Waals surface area contributed by atoms with Crippen LogP contribution < -0.4 is 30.7 Å². The number of carbonyl (C=O) groups is 2. The van der Waals surface area contributed by atoms with Crippen LogP contribution in [0.15, 0.2) is 23.0 Å². The van der Waals surface area contributed by atoms with Crippen LogP contribution in [0.25, 0.3) is 11.8 Å². The van der Waals surface area contributed by atoms with Crippen molar-refractivity contribution in [2.45, 2.75) is 20.4 Å². The smallest absolute Gasteiger partial charge is 0.351 e. The molecular weight excluding hydrogens is 503 g/mol. The summed E-state index contributed by atoms with van der Waals surface area (Å²) < 4.78 is 26.3. The molecule has 1 saturated heterocycles. The summed E-state index contributed by atoms with van der Waals surface area (Å²) in [5.41, 5.74) is -0.273. The predicted octanol–water partition coefficient (Wildman–Crippen LogP) is 0.610. The number of halogens is 1. The van der Waals surface area contributed by atoms with Crippen molar-refractivity contribution in [3.8, 4) is 6.07 Å². The third-order valence-corrected chi connectivity index (χ3v) is 6.56. The predicted molar refractivity (Wildman–Crippen MR) is 138 cm³/mol. The van der Waals surface area contributed by atoms with Crippen molar-refractivity contribution in [2.24, 2.45) is 0 Å². The Bertz CT molecular complexity index is 1340. The third kappa shape index (κ3) is 7.39. The summed E-state index contributed by atoms with van der Waals surface area (Å²) in [4.78, 5) is 39.4. The lowest BCUT2D eigenvalue weighted by Gasteiger charge is -2.26. The Balaban J connectivity index is 1.74. The van der Waals surface area contributed by atoms with Gasteiger partial charge >= 0.3 is 12.0 Å². The Morgan fingerprint density at radius 3 is 2.73 bits per heavy atom. The van der Waals surface area contributed by atoms with Crippen molar-refractivity contribution in [1.29, 1.82) is 5.26 Å². The summed E-state index contributed by atoms with van der Waals surface area (Å²) in [5, 5.41) is 17.6. The highest BCUT2D eigenvalue weighted by Gasteiger charge is 2.16. The van der Waals surface area contributed by atoms with Crippen molar-refractivity contribution >= 4 is 46.5 Å². The number of amides is 2. The Morgan fingerprint density at radius 1 is 1.30 bits per heavy atom. The van der Waals surface area contributed by atoms with Gasteiger partial charge in [0.2, 0.25) is 0 Å². The van der Waals surface area contributed by atoms with Crippen molar-refractivity contribution < 1.29 is 23.5 Å². The van der Waals surface area contributed by atoms with Crippen molar-refractivity contribution in [2.75, 3.05) is 56.6 Å². The van der Waals surface area contributed by atoms with E-state index >= 15 is 0 Å². The quantitative estimate of drug-likeness (QED) is 0.400. The van der Waals surface area contributed by atoms with E-state index < -0.39 is 23.4 Å². The molecule has 0 unspecified atom stereocenters. The van der Waals surface area contributed by atoms with Crippen LogP contribution in [0.3, 0.4) is 0 Å². The Labute approximate surface area is 216 Å². The van der Waals surface area contributed by atoms with E-state index in [0.717, 1.165) is 24.4 Å². The Morgan fingerprint density at radius 2 is 2.05 bits per heavy atom. The van der Waals surface area contributed by atoms with Crippen molar-refractivity contribution in [3.05, 3.63) is 43.6 Å². The number of anilines is 2. The summed E-state index contributed by atoms with van der Waals surface area (Å²) in [6, 6.07) is 5.31. The molecule has 0 saturated carbocycles. The van der Waals surface area contributed by atoms with Gasteiger partial charge in [-0.25, -0.2) is 14.0 Å². The number of carbonyl (C=O) groups excluding carboxylic acids is 2. The number of rotatable bonds is 9. The van der Waals surface area contributed by atoms with Gasteiger partial charge in [0.15, 0.2) is 5.57 Å². The van der Waals surface area contributed by atoms with E-state index in [1.807, 2.05) is 6.07 Å². The second-order valence-electron chi connectivity index (χ2n) is 7.85. The fourth-order valence-electron chi connectivity index (χ4n) is 3.56. The molecule has 13 heteroatoms. The van der Waals surface area contributed by atoms with E-state index in [0.29, 0.717) is 32.0 Å². The first kappa shape index (κ1) is 27.9. The number of thiazole rings is 1. The van der Waals surface area contributed by atoms with Crippen LogP contribution in [-0.4, -0.2) is 67.5 Å². The van der Waals surface area contributed by atoms with Crippen LogP contribution in [0.4, 0.5) is 20.6 Å². The van der Waals surface area contributed by atoms with E-state index in [9.17, 15) is 24.0 Å². The second kappa shape index (κ2) is 13.5. The van der Waals surface area contributed by atoms with Gasteiger partial charge in [-0.2, -0.15) is 5.26 Å². The molecule has 1 aliphatic heterocycles. The molecule has 0 bridgehead atoms. The highest BCUT2D eigenvalue weighted by atomic mass is 32.1. The first-order valence-electron chi connectivity index (χ1n) is 11.8. The normalized spacial score (nSPS) is 15.0. The van der Waals surface area contributed by atoms with E-state index in [1.165, 1.54) is 29.0 Å². The molecular formula is C24H29FN6O5S. The van der Waals surface area contributed by atoms with Crippen molar-refractivity contribution in [1.82, 2.24) is 14.8 Å². The highest BCUT2D eigenvalue weighted by molar-refractivity contribution is 7.07. The van der Waals surface area contributed by atoms with Crippen LogP contribution in [0.1, 0.15) is 13.8 Å². The molecule has 1 aliphatic rings. The van der Waals surface area contributed by atoms with E-state index in [4.69, 9.17) is 9.47 Å². The first-order valence-corrected chi connectivity index (χ1v) is 12.6. The maximum atomic E-state index is 14.3. The highest BCUT2D eigenvalue weighted by Crippen LogP contribution is 2.19. The summed E-state index contributed by atoms with van der Waals surface area (Å²) in [6.45, 7) is 7.68. The molecule has 1 aromatic carbocycles. The summed E-state index contributed by atoms with van der Waals surface area (Å²) in [5.74, 6) is -1.42. The Hall–Kier alpha value is -3.73. The number of benzene rings is 1. The van der Waals surface area contributed by atoms with Crippen LogP contribution in [-0.2, 0) is 20.8 Å². The van der Waals surface area contributed by atoms with E-state index in [1.54, 1.807) is 13.8 Å². The SMILES string of the molecule is CCOC(=O)/C(C#N)=c1\s/c(=C/Nc2ccc(F)c(NC(=O)NCCN3CCOCC3)c2)c(=O)n1CC. The molecule has 2 amide bonds. The zero-order chi connectivity index (χ0) is 26.8. The van der Waals surface area contributed by atoms with Gasteiger partial charge in [0.05, 0.1) is 25.5 Å². The summed E-state index contributed by atoms with van der Waals surface area (Å²) in [7, 11) is 0. The number of urea groups is 1. The van der Waals surface area contributed by atoms with Gasteiger partial charge in [-0.05, 0) is 32.0 Å². The molecule has 0 atom stereocenters. The molecule has 2 aromatic rings. The van der Waals surface area contributed by atoms with Gasteiger partial charge in [-0.3, -0.25) is 14.3 Å². The van der Waals surface area contributed by atoms with Gasteiger partial charge in [0, 0.05) is 44.6 Å². The zero-order valence-corrected chi connectivity index (χ0v) is 21.5. The van der Waals surface area contributed by atoms with Crippen molar-refractivity contribution in [3.63, 3.8) is 0 Å². The maximum Gasteiger partial charge on any atom is 0.351 e. The number of ether oxygens (including phenoxy) is 2. The monoisotopic (exact) mass is 532 g/mol. The topological polar surface area (TPSA) is 138 Å². The molecule has 2 heterocycles. The largest absolute Gasteiger partial charge is 0.462 e. The molecule has 198 valence electrons.